The number of hydrogen-bond acceptors (Lipinski definition) is 6. The van der Waals surface area contributed by atoms with Crippen LogP contribution in [0.15, 0.2) is 84.3 Å². The van der Waals surface area contributed by atoms with Crippen LogP contribution in [0.2, 0.25) is 0 Å². The standard InChI is InChI=1S/C37H40N4O2Si/c1-25-26(2)41(24-40(25)35-18-28(16-17-38-35)27-10-4-3-5-11-27)43-36-19-31-22-44(20-29-12-6-7-13-30(29)21-44)23-33(31)37(39-36)32-14-8-9-15-34(32)42/h6-9,12-19,27,42H,3-5,10-11,20-24H2,1-2H3. The zero-order chi connectivity index (χ0) is 29.8. The molecule has 3 aliphatic heterocycles. The number of hydroxylamine groups is 2. The minimum absolute atomic E-state index is 0.264. The van der Waals surface area contributed by atoms with Crippen LogP contribution in [0.3, 0.4) is 0 Å². The Morgan fingerprint density at radius 2 is 1.55 bits per heavy atom. The average Bonchev–Trinajstić information content (AvgIpc) is 3.69. The first kappa shape index (κ1) is 27.4. The highest BCUT2D eigenvalue weighted by Crippen LogP contribution is 2.44. The van der Waals surface area contributed by atoms with Crippen LogP contribution in [0, 0.1) is 0 Å². The lowest BCUT2D eigenvalue weighted by Crippen LogP contribution is -2.38. The summed E-state index contributed by atoms with van der Waals surface area (Å²) in [6.07, 6.45) is 8.50. The van der Waals surface area contributed by atoms with E-state index in [9.17, 15) is 5.11 Å². The molecule has 4 aromatic rings. The zero-order valence-electron chi connectivity index (χ0n) is 25.7. The molecule has 2 aromatic heterocycles. The van der Waals surface area contributed by atoms with Crippen molar-refractivity contribution < 1.29 is 9.94 Å². The number of phenols is 1. The number of pyridine rings is 2. The number of fused-ring (bicyclic) bond motifs is 2. The molecule has 1 aliphatic carbocycles. The Morgan fingerprint density at radius 1 is 0.818 bits per heavy atom. The van der Waals surface area contributed by atoms with Gasteiger partial charge in [0.2, 0.25) is 5.88 Å². The molecule has 8 rings (SSSR count). The topological polar surface area (TPSA) is 61.7 Å². The molecule has 7 heteroatoms. The summed E-state index contributed by atoms with van der Waals surface area (Å²) in [5.74, 6) is 2.46. The second-order valence-electron chi connectivity index (χ2n) is 13.4. The van der Waals surface area contributed by atoms with Crippen molar-refractivity contribution in [3.63, 3.8) is 0 Å². The van der Waals surface area contributed by atoms with Crippen molar-refractivity contribution in [2.45, 2.75) is 76.0 Å². The molecule has 5 heterocycles. The minimum Gasteiger partial charge on any atom is -0.507 e. The van der Waals surface area contributed by atoms with Crippen LogP contribution in [0.25, 0.3) is 11.3 Å². The number of rotatable bonds is 5. The average molecular weight is 601 g/mol. The largest absolute Gasteiger partial charge is 0.507 e. The third-order valence-corrected chi connectivity index (χ3v) is 15.1. The number of nitrogens with zero attached hydrogens (tertiary/aromatic N) is 4. The lowest BCUT2D eigenvalue weighted by molar-refractivity contribution is -0.0155. The van der Waals surface area contributed by atoms with Gasteiger partial charge in [0.1, 0.15) is 18.2 Å². The quantitative estimate of drug-likeness (QED) is 0.237. The van der Waals surface area contributed by atoms with Gasteiger partial charge in [-0.25, -0.2) is 9.97 Å². The number of hydrogen-bond donors (Lipinski definition) is 1. The number of aromatic hydroxyl groups is 1. The predicted octanol–water partition coefficient (Wildman–Crippen LogP) is 7.72. The summed E-state index contributed by atoms with van der Waals surface area (Å²) >= 11 is 0. The molecule has 4 aliphatic rings. The molecule has 1 fully saturated rings. The molecule has 0 amide bonds. The summed E-state index contributed by atoms with van der Waals surface area (Å²) in [6.45, 7) is 4.80. The Morgan fingerprint density at radius 3 is 2.32 bits per heavy atom. The summed E-state index contributed by atoms with van der Waals surface area (Å²) in [4.78, 5) is 18.8. The van der Waals surface area contributed by atoms with Crippen LogP contribution in [0.5, 0.6) is 11.6 Å². The van der Waals surface area contributed by atoms with E-state index in [1.54, 1.807) is 6.07 Å². The van der Waals surface area contributed by atoms with E-state index in [4.69, 9.17) is 14.8 Å². The van der Waals surface area contributed by atoms with E-state index in [1.165, 1.54) is 72.0 Å². The van der Waals surface area contributed by atoms with Gasteiger partial charge in [-0.05, 0) is 109 Å². The van der Waals surface area contributed by atoms with Crippen molar-refractivity contribution in [3.8, 4) is 22.9 Å². The third kappa shape index (κ3) is 4.78. The Labute approximate surface area is 261 Å². The predicted molar refractivity (Wildman–Crippen MR) is 177 cm³/mol. The number of phenolic OH excluding ortho intramolecular Hbond substituents is 1. The summed E-state index contributed by atoms with van der Waals surface area (Å²) in [7, 11) is -1.64. The fourth-order valence-electron chi connectivity index (χ4n) is 8.20. The number of allylic oxidation sites excluding steroid dienone is 2. The molecule has 1 spiro atoms. The molecular weight excluding hydrogens is 561 g/mol. The van der Waals surface area contributed by atoms with Crippen LogP contribution >= 0.6 is 0 Å². The number of anilines is 1. The fourth-order valence-corrected chi connectivity index (χ4v) is 13.5. The van der Waals surface area contributed by atoms with Gasteiger partial charge in [-0.3, -0.25) is 0 Å². The maximum absolute atomic E-state index is 10.9. The third-order valence-electron chi connectivity index (χ3n) is 10.6. The maximum atomic E-state index is 10.9. The second-order valence-corrected chi connectivity index (χ2v) is 17.8. The highest BCUT2D eigenvalue weighted by molar-refractivity contribution is 6.79. The van der Waals surface area contributed by atoms with E-state index in [0.29, 0.717) is 18.5 Å². The first-order valence-corrected chi connectivity index (χ1v) is 19.0. The first-order chi connectivity index (χ1) is 21.5. The Balaban J connectivity index is 1.10. The highest BCUT2D eigenvalue weighted by Gasteiger charge is 2.45. The SMILES string of the molecule is CC1=C(C)N(c2cc(C3CCCCC3)ccn2)CN1Oc1cc2c(c(-c3ccccc3O)n1)C[Si]1(Cc3ccccc3C1)C2. The van der Waals surface area contributed by atoms with Crippen molar-refractivity contribution in [1.82, 2.24) is 15.0 Å². The van der Waals surface area contributed by atoms with Crippen molar-refractivity contribution in [3.05, 3.63) is 112 Å². The van der Waals surface area contributed by atoms with E-state index in [1.807, 2.05) is 29.5 Å². The molecule has 224 valence electrons. The Bertz CT molecular complexity index is 1750. The highest BCUT2D eigenvalue weighted by atomic mass is 28.3. The van der Waals surface area contributed by atoms with Crippen LogP contribution < -0.4 is 9.74 Å². The smallest absolute Gasteiger partial charge is 0.246 e. The van der Waals surface area contributed by atoms with Crippen molar-refractivity contribution in [2.75, 3.05) is 11.6 Å². The summed E-state index contributed by atoms with van der Waals surface area (Å²) < 4.78 is 0. The van der Waals surface area contributed by atoms with E-state index in [-0.39, 0.29) is 5.75 Å². The summed E-state index contributed by atoms with van der Waals surface area (Å²) in [5.41, 5.74) is 10.9. The molecule has 0 unspecified atom stereocenters. The molecule has 0 bridgehead atoms. The lowest BCUT2D eigenvalue weighted by Gasteiger charge is -2.25. The van der Waals surface area contributed by atoms with Crippen molar-refractivity contribution >= 4 is 13.9 Å². The Kier molecular flexibility index (Phi) is 6.74. The molecule has 2 aromatic carbocycles. The van der Waals surface area contributed by atoms with Gasteiger partial charge in [0.15, 0.2) is 0 Å². The fraction of sp³-hybridized carbons (Fsp3) is 0.351. The van der Waals surface area contributed by atoms with Gasteiger partial charge in [-0.2, -0.15) is 5.06 Å². The minimum atomic E-state index is -1.64. The van der Waals surface area contributed by atoms with E-state index >= 15 is 0 Å². The van der Waals surface area contributed by atoms with E-state index in [0.717, 1.165) is 40.6 Å². The summed E-state index contributed by atoms with van der Waals surface area (Å²) in [6, 6.07) is 27.9. The van der Waals surface area contributed by atoms with Gasteiger partial charge in [0, 0.05) is 23.5 Å². The second kappa shape index (κ2) is 10.8. The molecule has 6 nitrogen and oxygen atoms in total. The van der Waals surface area contributed by atoms with Gasteiger partial charge >= 0.3 is 0 Å². The van der Waals surface area contributed by atoms with Crippen molar-refractivity contribution in [1.29, 1.82) is 0 Å². The monoisotopic (exact) mass is 600 g/mol. The van der Waals surface area contributed by atoms with Crippen molar-refractivity contribution in [2.24, 2.45) is 0 Å². The number of aromatic nitrogens is 2. The molecule has 0 radical (unpaired) electrons. The van der Waals surface area contributed by atoms with Gasteiger partial charge in [0.05, 0.1) is 19.5 Å². The first-order valence-electron chi connectivity index (χ1n) is 16.2. The summed E-state index contributed by atoms with van der Waals surface area (Å²) in [5, 5.41) is 12.9. The molecule has 0 atom stereocenters. The molecule has 0 saturated heterocycles. The van der Waals surface area contributed by atoms with Gasteiger partial charge in [0.25, 0.3) is 0 Å². The molecule has 44 heavy (non-hydrogen) atoms. The number of benzene rings is 2. The normalized spacial score (nSPS) is 19.1. The van der Waals surface area contributed by atoms with Gasteiger partial charge in [-0.1, -0.05) is 55.7 Å². The molecular formula is C37H40N4O2Si. The maximum Gasteiger partial charge on any atom is 0.246 e. The molecule has 1 saturated carbocycles. The van der Waals surface area contributed by atoms with E-state index < -0.39 is 8.07 Å². The number of para-hydroxylation sites is 1. The Hall–Kier alpha value is -4.10. The molecule has 1 N–H and O–H groups in total. The van der Waals surface area contributed by atoms with Crippen LogP contribution in [0.4, 0.5) is 5.82 Å². The zero-order valence-corrected chi connectivity index (χ0v) is 26.7. The van der Waals surface area contributed by atoms with Crippen LogP contribution in [-0.2, 0) is 24.2 Å². The van der Waals surface area contributed by atoms with Crippen LogP contribution in [0.1, 0.15) is 79.7 Å². The van der Waals surface area contributed by atoms with E-state index in [2.05, 4.69) is 61.2 Å². The van der Waals surface area contributed by atoms with Gasteiger partial charge in [-0.15, -0.1) is 0 Å². The van der Waals surface area contributed by atoms with Gasteiger partial charge < -0.3 is 14.8 Å². The lowest BCUT2D eigenvalue weighted by atomic mass is 9.84. The van der Waals surface area contributed by atoms with Crippen LogP contribution in [-0.4, -0.2) is 34.9 Å².